The molecule has 1 aromatic carbocycles. The second kappa shape index (κ2) is 8.38. The van der Waals surface area contributed by atoms with E-state index in [9.17, 15) is 5.11 Å². The van der Waals surface area contributed by atoms with Gasteiger partial charge in [-0.05, 0) is 50.0 Å². The lowest BCUT2D eigenvalue weighted by Gasteiger charge is -2.14. The molecule has 0 saturated carbocycles. The Hall–Kier alpha value is -0.810. The predicted molar refractivity (Wildman–Crippen MR) is 78.8 cm³/mol. The van der Waals surface area contributed by atoms with E-state index in [0.29, 0.717) is 25.6 Å². The van der Waals surface area contributed by atoms with Crippen molar-refractivity contribution in [2.24, 2.45) is 5.73 Å². The van der Waals surface area contributed by atoms with Crippen molar-refractivity contribution in [3.05, 3.63) is 29.8 Å². The minimum atomic E-state index is -0.497. The maximum atomic E-state index is 9.88. The second-order valence-corrected chi connectivity index (χ2v) is 4.77. The first kappa shape index (κ1) is 16.2. The van der Waals surface area contributed by atoms with Crippen LogP contribution < -0.4 is 15.8 Å². The SMILES string of the molecule is Cl.NCC[C@@H](O)c1cccc(OCC2CCCN2)c1. The predicted octanol–water partition coefficient (Wildman–Crippen LogP) is 1.62. The molecule has 5 heteroatoms. The number of aliphatic hydroxyl groups excluding tert-OH is 1. The quantitative estimate of drug-likeness (QED) is 0.743. The molecule has 1 fully saturated rings. The van der Waals surface area contributed by atoms with Gasteiger partial charge >= 0.3 is 0 Å². The van der Waals surface area contributed by atoms with Crippen LogP contribution in [0.25, 0.3) is 0 Å². The minimum Gasteiger partial charge on any atom is -0.492 e. The van der Waals surface area contributed by atoms with Gasteiger partial charge in [-0.1, -0.05) is 12.1 Å². The fourth-order valence-electron chi connectivity index (χ4n) is 2.23. The van der Waals surface area contributed by atoms with Crippen molar-refractivity contribution in [3.63, 3.8) is 0 Å². The summed E-state index contributed by atoms with van der Waals surface area (Å²) in [4.78, 5) is 0. The van der Waals surface area contributed by atoms with Gasteiger partial charge < -0.3 is 20.9 Å². The Morgan fingerprint density at radius 1 is 1.47 bits per heavy atom. The van der Waals surface area contributed by atoms with E-state index in [1.54, 1.807) is 0 Å². The standard InChI is InChI=1S/C14H22N2O2.ClH/c15-7-6-14(17)11-3-1-5-13(9-11)18-10-12-4-2-8-16-12;/h1,3,5,9,12,14,16-17H,2,4,6-8,10,15H2;1H/t12?,14-;/m1./s1. The third-order valence-electron chi connectivity index (χ3n) is 3.30. The summed E-state index contributed by atoms with van der Waals surface area (Å²) in [6, 6.07) is 8.10. The molecule has 1 unspecified atom stereocenters. The number of nitrogens with two attached hydrogens (primary N) is 1. The van der Waals surface area contributed by atoms with Crippen molar-refractivity contribution in [1.82, 2.24) is 5.32 Å². The topological polar surface area (TPSA) is 67.5 Å². The molecule has 108 valence electrons. The molecular weight excluding hydrogens is 264 g/mol. The highest BCUT2D eigenvalue weighted by Crippen LogP contribution is 2.21. The van der Waals surface area contributed by atoms with Gasteiger partial charge in [-0.2, -0.15) is 0 Å². The van der Waals surface area contributed by atoms with Gasteiger partial charge in [-0.25, -0.2) is 0 Å². The molecule has 1 aromatic rings. The highest BCUT2D eigenvalue weighted by atomic mass is 35.5. The largest absolute Gasteiger partial charge is 0.492 e. The van der Waals surface area contributed by atoms with Crippen LogP contribution >= 0.6 is 12.4 Å². The Labute approximate surface area is 120 Å². The Kier molecular flexibility index (Phi) is 7.16. The summed E-state index contributed by atoms with van der Waals surface area (Å²) in [5.41, 5.74) is 6.32. The first-order valence-electron chi connectivity index (χ1n) is 6.64. The normalized spacial score (nSPS) is 19.8. The van der Waals surface area contributed by atoms with Crippen LogP contribution in [0.5, 0.6) is 5.75 Å². The highest BCUT2D eigenvalue weighted by Gasteiger charge is 2.14. The fraction of sp³-hybridized carbons (Fsp3) is 0.571. The number of ether oxygens (including phenoxy) is 1. The zero-order chi connectivity index (χ0) is 12.8. The van der Waals surface area contributed by atoms with Gasteiger partial charge in [0.2, 0.25) is 0 Å². The second-order valence-electron chi connectivity index (χ2n) is 4.77. The van der Waals surface area contributed by atoms with Crippen LogP contribution in [0, 0.1) is 0 Å². The van der Waals surface area contributed by atoms with Gasteiger partial charge in [-0.15, -0.1) is 12.4 Å². The number of aliphatic hydroxyl groups is 1. The average molecular weight is 287 g/mol. The van der Waals surface area contributed by atoms with Gasteiger partial charge in [0, 0.05) is 6.04 Å². The molecule has 2 atom stereocenters. The Bertz CT molecular complexity index is 370. The summed E-state index contributed by atoms with van der Waals surface area (Å²) >= 11 is 0. The Morgan fingerprint density at radius 2 is 2.32 bits per heavy atom. The summed E-state index contributed by atoms with van der Waals surface area (Å²) in [5.74, 6) is 0.817. The lowest BCUT2D eigenvalue weighted by molar-refractivity contribution is 0.169. The van der Waals surface area contributed by atoms with Crippen LogP contribution in [0.3, 0.4) is 0 Å². The molecule has 4 nitrogen and oxygen atoms in total. The van der Waals surface area contributed by atoms with E-state index in [1.807, 2.05) is 24.3 Å². The van der Waals surface area contributed by atoms with Crippen molar-refractivity contribution in [1.29, 1.82) is 0 Å². The van der Waals surface area contributed by atoms with Crippen molar-refractivity contribution in [2.75, 3.05) is 19.7 Å². The summed E-state index contributed by atoms with van der Waals surface area (Å²) in [7, 11) is 0. The van der Waals surface area contributed by atoms with Gasteiger partial charge in [-0.3, -0.25) is 0 Å². The van der Waals surface area contributed by atoms with Gasteiger partial charge in [0.25, 0.3) is 0 Å². The molecule has 0 aliphatic carbocycles. The molecule has 4 N–H and O–H groups in total. The minimum absolute atomic E-state index is 0. The van der Waals surface area contributed by atoms with Crippen molar-refractivity contribution in [3.8, 4) is 5.75 Å². The third-order valence-corrected chi connectivity index (χ3v) is 3.30. The molecule has 1 heterocycles. The summed E-state index contributed by atoms with van der Waals surface area (Å²) in [6.45, 7) is 2.26. The highest BCUT2D eigenvalue weighted by molar-refractivity contribution is 5.85. The van der Waals surface area contributed by atoms with E-state index in [-0.39, 0.29) is 12.4 Å². The first-order valence-corrected chi connectivity index (χ1v) is 6.64. The number of hydrogen-bond acceptors (Lipinski definition) is 4. The molecule has 1 aliphatic heterocycles. The number of rotatable bonds is 6. The smallest absolute Gasteiger partial charge is 0.119 e. The zero-order valence-electron chi connectivity index (χ0n) is 11.0. The third kappa shape index (κ3) is 4.99. The van der Waals surface area contributed by atoms with E-state index in [1.165, 1.54) is 12.8 Å². The van der Waals surface area contributed by atoms with Gasteiger partial charge in [0.15, 0.2) is 0 Å². The molecule has 0 spiro atoms. The van der Waals surface area contributed by atoms with Crippen LogP contribution in [0.2, 0.25) is 0 Å². The number of nitrogens with one attached hydrogen (secondary N) is 1. The zero-order valence-corrected chi connectivity index (χ0v) is 11.9. The van der Waals surface area contributed by atoms with E-state index < -0.39 is 6.10 Å². The monoisotopic (exact) mass is 286 g/mol. The molecule has 0 amide bonds. The van der Waals surface area contributed by atoms with Gasteiger partial charge in [0.1, 0.15) is 12.4 Å². The van der Waals surface area contributed by atoms with Crippen molar-refractivity contribution < 1.29 is 9.84 Å². The van der Waals surface area contributed by atoms with Crippen LogP contribution in [0.15, 0.2) is 24.3 Å². The van der Waals surface area contributed by atoms with Gasteiger partial charge in [0.05, 0.1) is 6.10 Å². The maximum absolute atomic E-state index is 9.88. The van der Waals surface area contributed by atoms with E-state index in [0.717, 1.165) is 17.9 Å². The molecule has 0 radical (unpaired) electrons. The lowest BCUT2D eigenvalue weighted by atomic mass is 10.1. The first-order chi connectivity index (χ1) is 8.79. The lowest BCUT2D eigenvalue weighted by Crippen LogP contribution is -2.28. The van der Waals surface area contributed by atoms with Crippen LogP contribution in [0.1, 0.15) is 30.9 Å². The van der Waals surface area contributed by atoms with Crippen LogP contribution in [-0.4, -0.2) is 30.8 Å². The van der Waals surface area contributed by atoms with Crippen molar-refractivity contribution in [2.45, 2.75) is 31.4 Å². The fourth-order valence-corrected chi connectivity index (χ4v) is 2.23. The van der Waals surface area contributed by atoms with Crippen LogP contribution in [-0.2, 0) is 0 Å². The van der Waals surface area contributed by atoms with Crippen molar-refractivity contribution >= 4 is 12.4 Å². The molecule has 0 aromatic heterocycles. The summed E-state index contributed by atoms with van der Waals surface area (Å²) < 4.78 is 5.75. The summed E-state index contributed by atoms with van der Waals surface area (Å²) in [5, 5.41) is 13.3. The molecule has 1 saturated heterocycles. The van der Waals surface area contributed by atoms with E-state index >= 15 is 0 Å². The number of halogens is 1. The van der Waals surface area contributed by atoms with E-state index in [2.05, 4.69) is 5.32 Å². The maximum Gasteiger partial charge on any atom is 0.119 e. The molecule has 0 bridgehead atoms. The summed E-state index contributed by atoms with van der Waals surface area (Å²) in [6.07, 6.45) is 2.48. The molecule has 2 rings (SSSR count). The average Bonchev–Trinajstić information content (AvgIpc) is 2.90. The number of hydrogen-bond donors (Lipinski definition) is 3. The van der Waals surface area contributed by atoms with Crippen LogP contribution in [0.4, 0.5) is 0 Å². The number of benzene rings is 1. The molecular formula is C14H23ClN2O2. The Morgan fingerprint density at radius 3 is 3.00 bits per heavy atom. The molecule has 1 aliphatic rings. The molecule has 19 heavy (non-hydrogen) atoms. The van der Waals surface area contributed by atoms with E-state index in [4.69, 9.17) is 10.5 Å². The Balaban J connectivity index is 0.00000180.